The highest BCUT2D eigenvalue weighted by Gasteiger charge is 2.28. The van der Waals surface area contributed by atoms with Crippen molar-refractivity contribution in [3.63, 3.8) is 0 Å². The van der Waals surface area contributed by atoms with Crippen molar-refractivity contribution in [2.75, 3.05) is 13.1 Å². The number of aryl methyl sites for hydroxylation is 2. The fraction of sp³-hybridized carbons (Fsp3) is 0.588. The minimum Gasteiger partial charge on any atom is -0.348 e. The summed E-state index contributed by atoms with van der Waals surface area (Å²) in [4.78, 5) is 27.7. The van der Waals surface area contributed by atoms with Gasteiger partial charge in [0.2, 0.25) is 0 Å². The molecule has 0 aliphatic carbocycles. The van der Waals surface area contributed by atoms with Gasteiger partial charge in [-0.1, -0.05) is 13.8 Å². The van der Waals surface area contributed by atoms with Crippen LogP contribution < -0.4 is 5.32 Å². The number of hydrogen-bond acceptors (Lipinski definition) is 5. The quantitative estimate of drug-likeness (QED) is 0.871. The molecule has 1 fully saturated rings. The van der Waals surface area contributed by atoms with Crippen molar-refractivity contribution in [2.24, 2.45) is 5.92 Å². The van der Waals surface area contributed by atoms with E-state index >= 15 is 0 Å². The molecule has 1 aliphatic rings. The van der Waals surface area contributed by atoms with Crippen LogP contribution in [0, 0.1) is 12.8 Å². The molecule has 7 heteroatoms. The minimum absolute atomic E-state index is 0.0504. The van der Waals surface area contributed by atoms with Gasteiger partial charge in [-0.05, 0) is 19.3 Å². The number of likely N-dealkylation sites (tertiary alicyclic amines) is 1. The Labute approximate surface area is 146 Å². The number of nitrogens with one attached hydrogen (secondary N) is 2. The Balaban J connectivity index is 1.52. The van der Waals surface area contributed by atoms with E-state index in [1.165, 1.54) is 4.88 Å². The van der Waals surface area contributed by atoms with E-state index in [4.69, 9.17) is 0 Å². The molecule has 1 aliphatic heterocycles. The highest BCUT2D eigenvalue weighted by Crippen LogP contribution is 2.21. The number of hydrogen-bond donors (Lipinski definition) is 2. The fourth-order valence-electron chi connectivity index (χ4n) is 3.19. The zero-order chi connectivity index (χ0) is 17.1. The van der Waals surface area contributed by atoms with E-state index in [0.717, 1.165) is 43.3 Å². The lowest BCUT2D eigenvalue weighted by molar-refractivity contribution is 0.0857. The Morgan fingerprint density at radius 2 is 2.29 bits per heavy atom. The van der Waals surface area contributed by atoms with Crippen LogP contribution in [0.2, 0.25) is 0 Å². The van der Waals surface area contributed by atoms with Gasteiger partial charge in [0.1, 0.15) is 11.5 Å². The van der Waals surface area contributed by atoms with E-state index in [1.54, 1.807) is 17.5 Å². The lowest BCUT2D eigenvalue weighted by atomic mass is 9.93. The SMILES string of the molecule is CCc1ncc(C(=O)N[C@@H]2CCN(Cc3cnc(C)s3)C[C@H]2C)[nH]1. The van der Waals surface area contributed by atoms with Crippen LogP contribution in [0.3, 0.4) is 0 Å². The lowest BCUT2D eigenvalue weighted by Crippen LogP contribution is -2.49. The molecule has 24 heavy (non-hydrogen) atoms. The van der Waals surface area contributed by atoms with Crippen LogP contribution in [0.25, 0.3) is 0 Å². The number of aromatic nitrogens is 3. The van der Waals surface area contributed by atoms with E-state index < -0.39 is 0 Å². The van der Waals surface area contributed by atoms with Gasteiger partial charge in [-0.3, -0.25) is 9.69 Å². The number of H-pyrrole nitrogens is 1. The highest BCUT2D eigenvalue weighted by molar-refractivity contribution is 7.11. The Hall–Kier alpha value is -1.73. The van der Waals surface area contributed by atoms with Gasteiger partial charge in [-0.25, -0.2) is 9.97 Å². The molecule has 0 unspecified atom stereocenters. The van der Waals surface area contributed by atoms with E-state index in [1.807, 2.05) is 20.0 Å². The van der Waals surface area contributed by atoms with Gasteiger partial charge >= 0.3 is 0 Å². The van der Waals surface area contributed by atoms with Crippen LogP contribution in [0.4, 0.5) is 0 Å². The molecule has 130 valence electrons. The van der Waals surface area contributed by atoms with Gasteiger partial charge in [0.25, 0.3) is 5.91 Å². The minimum atomic E-state index is -0.0504. The molecular weight excluding hydrogens is 322 g/mol. The van der Waals surface area contributed by atoms with Crippen LogP contribution in [0.5, 0.6) is 0 Å². The number of nitrogens with zero attached hydrogens (tertiary/aromatic N) is 3. The van der Waals surface area contributed by atoms with Gasteiger partial charge in [-0.2, -0.15) is 0 Å². The van der Waals surface area contributed by atoms with Crippen molar-refractivity contribution in [1.82, 2.24) is 25.2 Å². The number of amides is 1. The first-order valence-electron chi connectivity index (χ1n) is 8.53. The van der Waals surface area contributed by atoms with E-state index in [9.17, 15) is 4.79 Å². The second-order valence-corrected chi connectivity index (χ2v) is 7.84. The summed E-state index contributed by atoms with van der Waals surface area (Å²) in [5.41, 5.74) is 0.557. The monoisotopic (exact) mass is 347 g/mol. The molecular formula is C17H25N5OS. The van der Waals surface area contributed by atoms with Crippen LogP contribution in [-0.2, 0) is 13.0 Å². The molecule has 3 heterocycles. The number of carbonyl (C=O) groups excluding carboxylic acids is 1. The van der Waals surface area contributed by atoms with Crippen LogP contribution in [-0.4, -0.2) is 44.9 Å². The van der Waals surface area contributed by atoms with Crippen molar-refractivity contribution < 1.29 is 4.79 Å². The maximum atomic E-state index is 12.4. The van der Waals surface area contributed by atoms with E-state index in [-0.39, 0.29) is 11.9 Å². The summed E-state index contributed by atoms with van der Waals surface area (Å²) in [6, 6.07) is 0.213. The predicted octanol–water partition coefficient (Wildman–Crippen LogP) is 2.38. The zero-order valence-electron chi connectivity index (χ0n) is 14.5. The average molecular weight is 347 g/mol. The lowest BCUT2D eigenvalue weighted by Gasteiger charge is -2.37. The fourth-order valence-corrected chi connectivity index (χ4v) is 4.03. The summed E-state index contributed by atoms with van der Waals surface area (Å²) in [6.07, 6.45) is 5.38. The smallest absolute Gasteiger partial charge is 0.269 e. The van der Waals surface area contributed by atoms with Crippen molar-refractivity contribution in [1.29, 1.82) is 0 Å². The van der Waals surface area contributed by atoms with E-state index in [0.29, 0.717) is 11.6 Å². The summed E-state index contributed by atoms with van der Waals surface area (Å²) in [7, 11) is 0. The average Bonchev–Trinajstić information content (AvgIpc) is 3.19. The molecule has 3 rings (SSSR count). The van der Waals surface area contributed by atoms with Gasteiger partial charge < -0.3 is 10.3 Å². The molecule has 0 spiro atoms. The summed E-state index contributed by atoms with van der Waals surface area (Å²) in [5.74, 6) is 1.22. The Bertz CT molecular complexity index is 695. The number of carbonyl (C=O) groups is 1. The third kappa shape index (κ3) is 4.02. The topological polar surface area (TPSA) is 73.9 Å². The molecule has 2 aromatic rings. The third-order valence-electron chi connectivity index (χ3n) is 4.56. The first kappa shape index (κ1) is 17.1. The van der Waals surface area contributed by atoms with Crippen LogP contribution >= 0.6 is 11.3 Å². The van der Waals surface area contributed by atoms with Gasteiger partial charge in [0.15, 0.2) is 0 Å². The zero-order valence-corrected chi connectivity index (χ0v) is 15.3. The largest absolute Gasteiger partial charge is 0.348 e. The molecule has 0 radical (unpaired) electrons. The normalized spacial score (nSPS) is 21.8. The maximum absolute atomic E-state index is 12.4. The standard InChI is InChI=1S/C17H25N5OS/c1-4-16-19-8-15(20-16)17(23)21-14-5-6-22(9-11(14)2)10-13-7-18-12(3)24-13/h7-8,11,14H,4-6,9-10H2,1-3H3,(H,19,20)(H,21,23)/t11-,14-/m1/s1. The van der Waals surface area contributed by atoms with Gasteiger partial charge in [0.05, 0.1) is 11.2 Å². The van der Waals surface area contributed by atoms with Crippen LogP contribution in [0.15, 0.2) is 12.4 Å². The number of aromatic amines is 1. The summed E-state index contributed by atoms with van der Waals surface area (Å²) in [5, 5.41) is 4.28. The molecule has 2 aromatic heterocycles. The van der Waals surface area contributed by atoms with Crippen molar-refractivity contribution >= 4 is 17.2 Å². The molecule has 1 saturated heterocycles. The van der Waals surface area contributed by atoms with Crippen LogP contribution in [0.1, 0.15) is 46.5 Å². The predicted molar refractivity (Wildman–Crippen MR) is 95.1 cm³/mol. The molecule has 6 nitrogen and oxygen atoms in total. The van der Waals surface area contributed by atoms with E-state index in [2.05, 4.69) is 32.1 Å². The molecule has 2 atom stereocenters. The number of piperidine rings is 1. The Morgan fingerprint density at radius 3 is 2.92 bits per heavy atom. The van der Waals surface area contributed by atoms with Crippen molar-refractivity contribution in [3.8, 4) is 0 Å². The molecule has 0 saturated carbocycles. The third-order valence-corrected chi connectivity index (χ3v) is 5.46. The maximum Gasteiger partial charge on any atom is 0.269 e. The molecule has 0 bridgehead atoms. The first-order valence-corrected chi connectivity index (χ1v) is 9.35. The Kier molecular flexibility index (Phi) is 5.30. The number of rotatable bonds is 5. The highest BCUT2D eigenvalue weighted by atomic mass is 32.1. The molecule has 2 N–H and O–H groups in total. The second kappa shape index (κ2) is 7.44. The second-order valence-electron chi connectivity index (χ2n) is 6.52. The summed E-state index contributed by atoms with van der Waals surface area (Å²) < 4.78 is 0. The van der Waals surface area contributed by atoms with Gasteiger partial charge in [0, 0.05) is 43.2 Å². The van der Waals surface area contributed by atoms with Crippen molar-refractivity contribution in [2.45, 2.75) is 46.2 Å². The Morgan fingerprint density at radius 1 is 1.46 bits per heavy atom. The first-order chi connectivity index (χ1) is 11.5. The summed E-state index contributed by atoms with van der Waals surface area (Å²) in [6.45, 7) is 9.21. The number of thiazole rings is 1. The van der Waals surface area contributed by atoms with Gasteiger partial charge in [-0.15, -0.1) is 11.3 Å². The number of imidazole rings is 1. The molecule has 1 amide bonds. The summed E-state index contributed by atoms with van der Waals surface area (Å²) >= 11 is 1.76. The van der Waals surface area contributed by atoms with Crippen molar-refractivity contribution in [3.05, 3.63) is 33.8 Å². The molecule has 0 aromatic carbocycles.